The zero-order valence-electron chi connectivity index (χ0n) is 14.3. The highest BCUT2D eigenvalue weighted by molar-refractivity contribution is 7.75. The first-order valence-electron chi connectivity index (χ1n) is 8.21. The molecule has 1 aliphatic rings. The van der Waals surface area contributed by atoms with Crippen molar-refractivity contribution in [2.24, 2.45) is 0 Å². The van der Waals surface area contributed by atoms with Crippen LogP contribution < -0.4 is 5.30 Å². The fourth-order valence-corrected chi connectivity index (χ4v) is 6.19. The highest BCUT2D eigenvalue weighted by atomic mass is 31.2. The summed E-state index contributed by atoms with van der Waals surface area (Å²) >= 11 is 0. The molecule has 1 aliphatic heterocycles. The maximum Gasteiger partial charge on any atom is 0.136 e. The van der Waals surface area contributed by atoms with Gasteiger partial charge in [0, 0.05) is 11.5 Å². The fourth-order valence-electron chi connectivity index (χ4n) is 3.13. The first-order chi connectivity index (χ1) is 9.76. The van der Waals surface area contributed by atoms with Gasteiger partial charge in [-0.1, -0.05) is 59.8 Å². The molecule has 2 rings (SSSR count). The molecule has 0 aromatic heterocycles. The van der Waals surface area contributed by atoms with E-state index in [1.807, 2.05) is 5.82 Å². The fraction of sp³-hybridized carbons (Fsp3) is 0.579. The Kier molecular flexibility index (Phi) is 4.83. The van der Waals surface area contributed by atoms with Crippen LogP contribution in [0.3, 0.4) is 0 Å². The summed E-state index contributed by atoms with van der Waals surface area (Å²) in [5.41, 5.74) is 3.99. The summed E-state index contributed by atoms with van der Waals surface area (Å²) in [5.74, 6) is 3.34. The van der Waals surface area contributed by atoms with Gasteiger partial charge in [-0.05, 0) is 46.7 Å². The number of allylic oxidation sites excluding steroid dienone is 1. The molecule has 2 heteroatoms. The van der Waals surface area contributed by atoms with E-state index in [9.17, 15) is 4.57 Å². The van der Waals surface area contributed by atoms with Crippen molar-refractivity contribution >= 4 is 12.4 Å². The Hall–Kier alpha value is -0.810. The van der Waals surface area contributed by atoms with Crippen LogP contribution in [0.2, 0.25) is 0 Å². The Labute approximate surface area is 130 Å². The lowest BCUT2D eigenvalue weighted by molar-refractivity contribution is 0.587. The predicted octanol–water partition coefficient (Wildman–Crippen LogP) is 5.96. The molecule has 0 amide bonds. The lowest BCUT2D eigenvalue weighted by Gasteiger charge is -2.26. The van der Waals surface area contributed by atoms with Gasteiger partial charge in [0.1, 0.15) is 7.14 Å². The third-order valence-corrected chi connectivity index (χ3v) is 7.34. The molecule has 0 bridgehead atoms. The topological polar surface area (TPSA) is 17.1 Å². The van der Waals surface area contributed by atoms with E-state index in [4.69, 9.17) is 0 Å². The largest absolute Gasteiger partial charge is 0.314 e. The first kappa shape index (κ1) is 16.6. The van der Waals surface area contributed by atoms with Crippen LogP contribution in [-0.4, -0.2) is 6.16 Å². The zero-order valence-corrected chi connectivity index (χ0v) is 15.2. The van der Waals surface area contributed by atoms with Crippen LogP contribution in [0.25, 0.3) is 0 Å². The minimum absolute atomic E-state index is 0.413. The van der Waals surface area contributed by atoms with E-state index in [0.29, 0.717) is 17.8 Å². The molecule has 0 fully saturated rings. The summed E-state index contributed by atoms with van der Waals surface area (Å²) < 4.78 is 13.5. The molecule has 116 valence electrons. The van der Waals surface area contributed by atoms with Gasteiger partial charge >= 0.3 is 0 Å². The second-order valence-corrected chi connectivity index (χ2v) is 9.99. The van der Waals surface area contributed by atoms with Gasteiger partial charge < -0.3 is 4.57 Å². The molecule has 0 aliphatic carbocycles. The van der Waals surface area contributed by atoms with Crippen molar-refractivity contribution in [3.8, 4) is 0 Å². The van der Waals surface area contributed by atoms with E-state index in [0.717, 1.165) is 12.6 Å². The normalized spacial score (nSPS) is 22.0. The second-order valence-electron chi connectivity index (χ2n) is 7.20. The Morgan fingerprint density at radius 3 is 1.76 bits per heavy atom. The SMILES string of the molecule is CC(C)c1cc(C(C)C)c(P2(=O)C=CCC2)c(C(C)C)c1. The van der Waals surface area contributed by atoms with Crippen molar-refractivity contribution < 1.29 is 4.57 Å². The van der Waals surface area contributed by atoms with Gasteiger partial charge in [-0.3, -0.25) is 0 Å². The summed E-state index contributed by atoms with van der Waals surface area (Å²) in [7, 11) is -2.34. The number of rotatable bonds is 4. The second kappa shape index (κ2) is 6.13. The van der Waals surface area contributed by atoms with Crippen molar-refractivity contribution in [1.29, 1.82) is 0 Å². The third kappa shape index (κ3) is 3.19. The Morgan fingerprint density at radius 1 is 0.905 bits per heavy atom. The molecule has 21 heavy (non-hydrogen) atoms. The monoisotopic (exact) mass is 304 g/mol. The molecule has 0 radical (unpaired) electrons. The highest BCUT2D eigenvalue weighted by Crippen LogP contribution is 2.53. The molecule has 1 unspecified atom stereocenters. The molecule has 1 heterocycles. The van der Waals surface area contributed by atoms with Crippen LogP contribution in [0.15, 0.2) is 24.0 Å². The van der Waals surface area contributed by atoms with Gasteiger partial charge in [-0.15, -0.1) is 0 Å². The third-order valence-electron chi connectivity index (χ3n) is 4.45. The van der Waals surface area contributed by atoms with E-state index in [-0.39, 0.29) is 0 Å². The minimum Gasteiger partial charge on any atom is -0.314 e. The van der Waals surface area contributed by atoms with Gasteiger partial charge in [-0.25, -0.2) is 0 Å². The van der Waals surface area contributed by atoms with Crippen molar-refractivity contribution in [1.82, 2.24) is 0 Å². The standard InChI is InChI=1S/C19H29OP/c1-13(2)16-11-17(14(3)4)19(18(12-16)15(5)6)21(20)9-7-8-10-21/h7,9,11-15H,8,10H2,1-6H3. The minimum atomic E-state index is -2.34. The van der Waals surface area contributed by atoms with Crippen molar-refractivity contribution in [3.05, 3.63) is 40.7 Å². The predicted molar refractivity (Wildman–Crippen MR) is 94.6 cm³/mol. The quantitative estimate of drug-likeness (QED) is 0.627. The Balaban J connectivity index is 2.77. The number of hydrogen-bond acceptors (Lipinski definition) is 1. The lowest BCUT2D eigenvalue weighted by atomic mass is 9.89. The van der Waals surface area contributed by atoms with E-state index < -0.39 is 7.14 Å². The van der Waals surface area contributed by atoms with Crippen LogP contribution >= 0.6 is 7.14 Å². The average Bonchev–Trinajstić information content (AvgIpc) is 2.84. The van der Waals surface area contributed by atoms with E-state index >= 15 is 0 Å². The molecule has 1 atom stereocenters. The highest BCUT2D eigenvalue weighted by Gasteiger charge is 2.31. The summed E-state index contributed by atoms with van der Waals surface area (Å²) in [4.78, 5) is 0. The van der Waals surface area contributed by atoms with E-state index in [1.54, 1.807) is 0 Å². The van der Waals surface area contributed by atoms with Gasteiger partial charge in [0.15, 0.2) is 0 Å². The maximum atomic E-state index is 13.5. The Morgan fingerprint density at radius 2 is 1.43 bits per heavy atom. The first-order valence-corrected chi connectivity index (χ1v) is 10.2. The smallest absolute Gasteiger partial charge is 0.136 e. The summed E-state index contributed by atoms with van der Waals surface area (Å²) in [6.45, 7) is 13.4. The van der Waals surface area contributed by atoms with Gasteiger partial charge in [0.25, 0.3) is 0 Å². The van der Waals surface area contributed by atoms with E-state index in [2.05, 4.69) is 59.8 Å². The van der Waals surface area contributed by atoms with Crippen molar-refractivity contribution in [2.75, 3.05) is 6.16 Å². The zero-order chi connectivity index (χ0) is 15.8. The molecular formula is C19H29OP. The number of hydrogen-bond donors (Lipinski definition) is 0. The molecule has 1 nitrogen and oxygen atoms in total. The maximum absolute atomic E-state index is 13.5. The van der Waals surface area contributed by atoms with Gasteiger partial charge in [-0.2, -0.15) is 0 Å². The Bertz CT molecular complexity index is 565. The van der Waals surface area contributed by atoms with Gasteiger partial charge in [0.2, 0.25) is 0 Å². The molecule has 0 saturated carbocycles. The van der Waals surface area contributed by atoms with Crippen molar-refractivity contribution in [3.63, 3.8) is 0 Å². The summed E-state index contributed by atoms with van der Waals surface area (Å²) in [6, 6.07) is 4.62. The number of benzene rings is 1. The average molecular weight is 304 g/mol. The van der Waals surface area contributed by atoms with Crippen LogP contribution in [0.5, 0.6) is 0 Å². The summed E-state index contributed by atoms with van der Waals surface area (Å²) in [5, 5.41) is 1.17. The molecular weight excluding hydrogens is 275 g/mol. The van der Waals surface area contributed by atoms with Gasteiger partial charge in [0.05, 0.1) is 0 Å². The van der Waals surface area contributed by atoms with E-state index in [1.165, 1.54) is 22.0 Å². The summed E-state index contributed by atoms with van der Waals surface area (Å²) in [6.07, 6.45) is 3.87. The van der Waals surface area contributed by atoms with Crippen LogP contribution in [0.4, 0.5) is 0 Å². The molecule has 0 saturated heterocycles. The van der Waals surface area contributed by atoms with Crippen molar-refractivity contribution in [2.45, 2.75) is 65.7 Å². The molecule has 0 spiro atoms. The van der Waals surface area contributed by atoms with Crippen LogP contribution in [-0.2, 0) is 4.57 Å². The molecule has 1 aromatic carbocycles. The molecule has 1 aromatic rings. The van der Waals surface area contributed by atoms with Crippen LogP contribution in [0, 0.1) is 0 Å². The molecule has 0 N–H and O–H groups in total. The van der Waals surface area contributed by atoms with Crippen LogP contribution in [0.1, 0.15) is 82.4 Å². The lowest BCUT2D eigenvalue weighted by Crippen LogP contribution is -2.20.